The molecule has 8 nitrogen and oxygen atoms in total. The van der Waals surface area contributed by atoms with Crippen molar-refractivity contribution in [3.05, 3.63) is 39.6 Å². The quantitative estimate of drug-likeness (QED) is 0.682. The van der Waals surface area contributed by atoms with Crippen molar-refractivity contribution in [1.29, 1.82) is 0 Å². The number of hydrogen-bond donors (Lipinski definition) is 1. The maximum Gasteiger partial charge on any atom is 0.292 e. The van der Waals surface area contributed by atoms with Crippen LogP contribution in [0.5, 0.6) is 0 Å². The van der Waals surface area contributed by atoms with E-state index in [9.17, 15) is 10.1 Å². The first kappa shape index (κ1) is 16.1. The van der Waals surface area contributed by atoms with Gasteiger partial charge in [-0.25, -0.2) is 0 Å². The van der Waals surface area contributed by atoms with Crippen molar-refractivity contribution < 1.29 is 4.92 Å². The van der Waals surface area contributed by atoms with Gasteiger partial charge in [0, 0.05) is 39.3 Å². The predicted molar refractivity (Wildman–Crippen MR) is 94.6 cm³/mol. The number of rotatable bonds is 3. The number of nitrogen functional groups attached to an aromatic ring is 1. The van der Waals surface area contributed by atoms with E-state index < -0.39 is 0 Å². The fraction of sp³-hybridized carbons (Fsp3) is 0.438. The number of hydrogen-bond acceptors (Lipinski definition) is 6. The molecule has 1 saturated heterocycles. The molecule has 1 fully saturated rings. The zero-order valence-electron chi connectivity index (χ0n) is 14.2. The number of nitrogens with zero attached hydrogens (tertiary/aromatic N) is 5. The molecule has 1 aromatic heterocycles. The Kier molecular flexibility index (Phi) is 4.04. The molecule has 0 amide bonds. The van der Waals surface area contributed by atoms with Gasteiger partial charge in [0.05, 0.1) is 16.3 Å². The number of aryl methyl sites for hydroxylation is 3. The maximum atomic E-state index is 11.3. The summed E-state index contributed by atoms with van der Waals surface area (Å²) in [5, 5.41) is 15.7. The average molecular weight is 330 g/mol. The minimum absolute atomic E-state index is 0.157. The molecule has 128 valence electrons. The van der Waals surface area contributed by atoms with Crippen molar-refractivity contribution >= 4 is 22.9 Å². The van der Waals surface area contributed by atoms with E-state index in [-0.39, 0.29) is 10.6 Å². The summed E-state index contributed by atoms with van der Waals surface area (Å²) < 4.78 is 1.80. The highest BCUT2D eigenvalue weighted by Crippen LogP contribution is 2.32. The van der Waals surface area contributed by atoms with E-state index in [4.69, 9.17) is 5.73 Å². The van der Waals surface area contributed by atoms with Crippen LogP contribution in [0.25, 0.3) is 0 Å². The molecule has 2 N–H and O–H groups in total. The van der Waals surface area contributed by atoms with Gasteiger partial charge in [0.25, 0.3) is 5.69 Å². The molecule has 0 bridgehead atoms. The van der Waals surface area contributed by atoms with Crippen LogP contribution in [0.3, 0.4) is 0 Å². The monoisotopic (exact) mass is 330 g/mol. The zero-order valence-corrected chi connectivity index (χ0v) is 14.2. The third-order valence-electron chi connectivity index (χ3n) is 4.48. The van der Waals surface area contributed by atoms with Gasteiger partial charge in [0.15, 0.2) is 5.82 Å². The first-order chi connectivity index (χ1) is 11.4. The minimum Gasteiger partial charge on any atom is -0.394 e. The lowest BCUT2D eigenvalue weighted by molar-refractivity contribution is -0.384. The molecule has 1 aliphatic heterocycles. The van der Waals surface area contributed by atoms with Crippen LogP contribution in [0, 0.1) is 24.0 Å². The van der Waals surface area contributed by atoms with Gasteiger partial charge in [-0.05, 0) is 25.5 Å². The van der Waals surface area contributed by atoms with Gasteiger partial charge in [-0.15, -0.1) is 0 Å². The Balaban J connectivity index is 1.81. The summed E-state index contributed by atoms with van der Waals surface area (Å²) in [7, 11) is 1.89. The van der Waals surface area contributed by atoms with E-state index in [0.717, 1.165) is 30.2 Å². The number of nitro groups is 1. The van der Waals surface area contributed by atoms with Crippen molar-refractivity contribution in [2.75, 3.05) is 41.7 Å². The lowest BCUT2D eigenvalue weighted by Gasteiger charge is -2.37. The molecule has 0 atom stereocenters. The molecule has 1 aliphatic rings. The van der Waals surface area contributed by atoms with Gasteiger partial charge < -0.3 is 15.5 Å². The fourth-order valence-electron chi connectivity index (χ4n) is 3.24. The van der Waals surface area contributed by atoms with Gasteiger partial charge in [-0.1, -0.05) is 6.07 Å². The maximum absolute atomic E-state index is 11.3. The zero-order chi connectivity index (χ0) is 17.4. The van der Waals surface area contributed by atoms with Crippen LogP contribution >= 0.6 is 0 Å². The lowest BCUT2D eigenvalue weighted by atomic mass is 10.1. The van der Waals surface area contributed by atoms with Crippen LogP contribution < -0.4 is 15.5 Å². The van der Waals surface area contributed by atoms with Gasteiger partial charge in [0.2, 0.25) is 0 Å². The second-order valence-corrected chi connectivity index (χ2v) is 6.17. The highest BCUT2D eigenvalue weighted by molar-refractivity contribution is 5.68. The van der Waals surface area contributed by atoms with E-state index in [1.54, 1.807) is 16.8 Å². The fourth-order valence-corrected chi connectivity index (χ4v) is 3.24. The summed E-state index contributed by atoms with van der Waals surface area (Å²) in [5.74, 6) is 0.922. The Bertz CT molecular complexity index is 777. The summed E-state index contributed by atoms with van der Waals surface area (Å²) in [6, 6.07) is 5.24. The molecule has 1 aromatic carbocycles. The van der Waals surface area contributed by atoms with E-state index in [2.05, 4.69) is 14.9 Å². The largest absolute Gasteiger partial charge is 0.394 e. The van der Waals surface area contributed by atoms with Crippen molar-refractivity contribution in [3.63, 3.8) is 0 Å². The van der Waals surface area contributed by atoms with Crippen LogP contribution in [-0.4, -0.2) is 40.9 Å². The van der Waals surface area contributed by atoms with Crippen molar-refractivity contribution in [2.24, 2.45) is 7.05 Å². The smallest absolute Gasteiger partial charge is 0.292 e. The topological polar surface area (TPSA) is 93.5 Å². The number of nitro benzene ring substituents is 1. The molecule has 8 heteroatoms. The summed E-state index contributed by atoms with van der Waals surface area (Å²) in [4.78, 5) is 15.2. The Morgan fingerprint density at radius 2 is 1.79 bits per heavy atom. The van der Waals surface area contributed by atoms with Crippen LogP contribution in [0.4, 0.5) is 22.9 Å². The second kappa shape index (κ2) is 6.03. The first-order valence-corrected chi connectivity index (χ1v) is 7.92. The van der Waals surface area contributed by atoms with Crippen LogP contribution in [0.1, 0.15) is 11.3 Å². The molecule has 0 radical (unpaired) electrons. The van der Waals surface area contributed by atoms with Gasteiger partial charge >= 0.3 is 0 Å². The number of anilines is 3. The molecular formula is C16H22N6O2. The van der Waals surface area contributed by atoms with Crippen molar-refractivity contribution in [3.8, 4) is 0 Å². The molecule has 24 heavy (non-hydrogen) atoms. The molecule has 2 heterocycles. The molecule has 0 unspecified atom stereocenters. The van der Waals surface area contributed by atoms with E-state index in [1.165, 1.54) is 0 Å². The Morgan fingerprint density at radius 3 is 2.33 bits per heavy atom. The molecule has 3 rings (SSSR count). The SMILES string of the molecule is Cc1ccc([N+](=O)[O-])c(N2CCN(c3c(N)c(C)nn3C)CC2)c1. The van der Waals surface area contributed by atoms with Gasteiger partial charge in [-0.2, -0.15) is 5.10 Å². The normalized spacial score (nSPS) is 15.0. The van der Waals surface area contributed by atoms with Crippen LogP contribution in [-0.2, 0) is 7.05 Å². The van der Waals surface area contributed by atoms with Gasteiger partial charge in [0.1, 0.15) is 5.69 Å². The summed E-state index contributed by atoms with van der Waals surface area (Å²) >= 11 is 0. The van der Waals surface area contributed by atoms with E-state index in [0.29, 0.717) is 24.5 Å². The summed E-state index contributed by atoms with van der Waals surface area (Å²) in [6.45, 7) is 6.73. The first-order valence-electron chi connectivity index (χ1n) is 7.92. The number of aromatic nitrogens is 2. The standard InChI is InChI=1S/C16H22N6O2/c1-11-4-5-13(22(23)24)14(10-11)20-6-8-21(9-7-20)16-15(17)12(2)18-19(16)3/h4-5,10H,6-9,17H2,1-3H3. The second-order valence-electron chi connectivity index (χ2n) is 6.17. The minimum atomic E-state index is -0.316. The van der Waals surface area contributed by atoms with Crippen LogP contribution in [0.2, 0.25) is 0 Å². The highest BCUT2D eigenvalue weighted by Gasteiger charge is 2.26. The molecule has 0 saturated carbocycles. The van der Waals surface area contributed by atoms with E-state index in [1.807, 2.05) is 27.0 Å². The third kappa shape index (κ3) is 2.75. The summed E-state index contributed by atoms with van der Waals surface area (Å²) in [6.07, 6.45) is 0. The molecule has 2 aromatic rings. The highest BCUT2D eigenvalue weighted by atomic mass is 16.6. The van der Waals surface area contributed by atoms with Crippen molar-refractivity contribution in [2.45, 2.75) is 13.8 Å². The van der Waals surface area contributed by atoms with Crippen LogP contribution in [0.15, 0.2) is 18.2 Å². The third-order valence-corrected chi connectivity index (χ3v) is 4.48. The lowest BCUT2D eigenvalue weighted by Crippen LogP contribution is -2.47. The predicted octanol–water partition coefficient (Wildman–Crippen LogP) is 1.85. The number of nitrogens with two attached hydrogens (primary N) is 1. The molecule has 0 aliphatic carbocycles. The number of benzene rings is 1. The summed E-state index contributed by atoms with van der Waals surface area (Å²) in [5.41, 5.74) is 9.52. The van der Waals surface area contributed by atoms with Gasteiger partial charge in [-0.3, -0.25) is 14.8 Å². The Morgan fingerprint density at radius 1 is 1.17 bits per heavy atom. The van der Waals surface area contributed by atoms with E-state index >= 15 is 0 Å². The number of piperazine rings is 1. The Labute approximate surface area is 140 Å². The molecule has 0 spiro atoms. The average Bonchev–Trinajstić information content (AvgIpc) is 2.80. The Hall–Kier alpha value is -2.77. The molecular weight excluding hydrogens is 308 g/mol. The van der Waals surface area contributed by atoms with Crippen molar-refractivity contribution in [1.82, 2.24) is 9.78 Å².